The van der Waals surface area contributed by atoms with Crippen LogP contribution < -0.4 is 0 Å². The van der Waals surface area contributed by atoms with Gasteiger partial charge in [0.05, 0.1) is 6.61 Å². The Labute approximate surface area is 106 Å². The Balaban J connectivity index is 2.49. The summed E-state index contributed by atoms with van der Waals surface area (Å²) in [7, 11) is 1.54. The van der Waals surface area contributed by atoms with Crippen LogP contribution in [0.1, 0.15) is 18.4 Å². The maximum absolute atomic E-state index is 11.7. The van der Waals surface area contributed by atoms with E-state index in [1.165, 1.54) is 18.0 Å². The molecule has 0 bridgehead atoms. The monoisotopic (exact) mass is 251 g/mol. The van der Waals surface area contributed by atoms with Gasteiger partial charge in [0.25, 0.3) is 0 Å². The minimum Gasteiger partial charge on any atom is -0.465 e. The second-order valence-electron chi connectivity index (χ2n) is 3.78. The highest BCUT2D eigenvalue weighted by Crippen LogP contribution is 2.08. The van der Waals surface area contributed by atoms with Crippen LogP contribution in [0, 0.1) is 6.92 Å². The van der Waals surface area contributed by atoms with Gasteiger partial charge in [-0.3, -0.25) is 9.59 Å². The molecule has 98 valence electrons. The third-order valence-electron chi connectivity index (χ3n) is 2.20. The fraction of sp³-hybridized carbons (Fsp3) is 0.385. The van der Waals surface area contributed by atoms with Crippen molar-refractivity contribution in [2.45, 2.75) is 13.8 Å². The summed E-state index contributed by atoms with van der Waals surface area (Å²) in [6, 6.07) is 3.58. The zero-order valence-corrected chi connectivity index (χ0v) is 10.8. The summed E-state index contributed by atoms with van der Waals surface area (Å²) >= 11 is 0. The molecule has 0 fully saturated rings. The van der Waals surface area contributed by atoms with Crippen LogP contribution in [0.2, 0.25) is 0 Å². The van der Waals surface area contributed by atoms with Crippen molar-refractivity contribution < 1.29 is 18.7 Å². The number of furan rings is 1. The summed E-state index contributed by atoms with van der Waals surface area (Å²) in [6.07, 6.45) is 2.93. The Morgan fingerprint density at radius 2 is 2.17 bits per heavy atom. The van der Waals surface area contributed by atoms with Crippen molar-refractivity contribution in [3.05, 3.63) is 29.7 Å². The van der Waals surface area contributed by atoms with Crippen LogP contribution in [-0.4, -0.2) is 37.0 Å². The van der Waals surface area contributed by atoms with Crippen molar-refractivity contribution in [1.29, 1.82) is 0 Å². The molecule has 1 amide bonds. The lowest BCUT2D eigenvalue weighted by Crippen LogP contribution is -2.31. The molecule has 0 aromatic carbocycles. The van der Waals surface area contributed by atoms with Gasteiger partial charge in [0.15, 0.2) is 0 Å². The first-order valence-corrected chi connectivity index (χ1v) is 5.68. The lowest BCUT2D eigenvalue weighted by molar-refractivity contribution is -0.146. The van der Waals surface area contributed by atoms with Crippen molar-refractivity contribution in [3.63, 3.8) is 0 Å². The molecule has 0 N–H and O–H groups in total. The molecule has 1 heterocycles. The molecule has 0 spiro atoms. The standard InChI is InChI=1S/C13H17NO4/c1-4-17-13(16)9-14(3)12(15)8-7-11-6-5-10(2)18-11/h5-8H,4,9H2,1-3H3/b8-7+. The van der Waals surface area contributed by atoms with Gasteiger partial charge < -0.3 is 14.1 Å². The fourth-order valence-electron chi connectivity index (χ4n) is 1.30. The van der Waals surface area contributed by atoms with Crippen LogP contribution in [-0.2, 0) is 14.3 Å². The maximum Gasteiger partial charge on any atom is 0.325 e. The van der Waals surface area contributed by atoms with Crippen molar-refractivity contribution in [2.24, 2.45) is 0 Å². The van der Waals surface area contributed by atoms with Crippen LogP contribution in [0.3, 0.4) is 0 Å². The van der Waals surface area contributed by atoms with E-state index >= 15 is 0 Å². The second kappa shape index (κ2) is 6.64. The van der Waals surface area contributed by atoms with Gasteiger partial charge in [0, 0.05) is 13.1 Å². The number of esters is 1. The molecule has 1 rings (SSSR count). The molecule has 0 unspecified atom stereocenters. The molecule has 0 saturated carbocycles. The van der Waals surface area contributed by atoms with Crippen LogP contribution >= 0.6 is 0 Å². The number of likely N-dealkylation sites (N-methyl/N-ethyl adjacent to an activating group) is 1. The fourth-order valence-corrected chi connectivity index (χ4v) is 1.30. The largest absolute Gasteiger partial charge is 0.465 e. The van der Waals surface area contributed by atoms with E-state index in [1.807, 2.05) is 13.0 Å². The van der Waals surface area contributed by atoms with Crippen LogP contribution in [0.5, 0.6) is 0 Å². The Kier molecular flexibility index (Phi) is 5.17. The van der Waals surface area contributed by atoms with E-state index in [4.69, 9.17) is 9.15 Å². The molecular formula is C13H17NO4. The maximum atomic E-state index is 11.7. The minimum absolute atomic E-state index is 0.0613. The van der Waals surface area contributed by atoms with E-state index in [0.29, 0.717) is 12.4 Å². The summed E-state index contributed by atoms with van der Waals surface area (Å²) in [5, 5.41) is 0. The molecule has 1 aromatic rings. The number of nitrogens with zero attached hydrogens (tertiary/aromatic N) is 1. The highest BCUT2D eigenvalue weighted by Gasteiger charge is 2.10. The summed E-state index contributed by atoms with van der Waals surface area (Å²) in [5.74, 6) is 0.681. The molecule has 1 aromatic heterocycles. The Morgan fingerprint density at radius 1 is 1.44 bits per heavy atom. The Bertz CT molecular complexity index is 448. The minimum atomic E-state index is -0.421. The summed E-state index contributed by atoms with van der Waals surface area (Å²) in [5.41, 5.74) is 0. The van der Waals surface area contributed by atoms with Gasteiger partial charge in [-0.05, 0) is 32.1 Å². The van der Waals surface area contributed by atoms with Gasteiger partial charge in [0.1, 0.15) is 18.1 Å². The third kappa shape index (κ3) is 4.45. The van der Waals surface area contributed by atoms with E-state index in [9.17, 15) is 9.59 Å². The van der Waals surface area contributed by atoms with Crippen molar-refractivity contribution in [1.82, 2.24) is 4.90 Å². The average Bonchev–Trinajstić information content (AvgIpc) is 2.72. The van der Waals surface area contributed by atoms with Crippen LogP contribution in [0.25, 0.3) is 6.08 Å². The van der Waals surface area contributed by atoms with Gasteiger partial charge in [-0.25, -0.2) is 0 Å². The highest BCUT2D eigenvalue weighted by atomic mass is 16.5. The number of aryl methyl sites for hydroxylation is 1. The van der Waals surface area contributed by atoms with Gasteiger partial charge in [-0.2, -0.15) is 0 Å². The second-order valence-corrected chi connectivity index (χ2v) is 3.78. The van der Waals surface area contributed by atoms with Crippen molar-refractivity contribution in [2.75, 3.05) is 20.2 Å². The van der Waals surface area contributed by atoms with Gasteiger partial charge in [-0.15, -0.1) is 0 Å². The Morgan fingerprint density at radius 3 is 2.72 bits per heavy atom. The predicted molar refractivity (Wildman–Crippen MR) is 66.7 cm³/mol. The SMILES string of the molecule is CCOC(=O)CN(C)C(=O)/C=C/c1ccc(C)o1. The number of carbonyl (C=O) groups excluding carboxylic acids is 2. The van der Waals surface area contributed by atoms with Gasteiger partial charge in [-0.1, -0.05) is 0 Å². The smallest absolute Gasteiger partial charge is 0.325 e. The molecule has 0 aliphatic heterocycles. The van der Waals surface area contributed by atoms with E-state index in [1.54, 1.807) is 19.1 Å². The van der Waals surface area contributed by atoms with E-state index < -0.39 is 5.97 Å². The molecule has 5 heteroatoms. The summed E-state index contributed by atoms with van der Waals surface area (Å²) in [4.78, 5) is 24.1. The molecule has 0 aliphatic rings. The average molecular weight is 251 g/mol. The lowest BCUT2D eigenvalue weighted by Gasteiger charge is -2.13. The molecule has 0 saturated heterocycles. The number of amides is 1. The lowest BCUT2D eigenvalue weighted by atomic mass is 10.3. The summed E-state index contributed by atoms with van der Waals surface area (Å²) in [6.45, 7) is 3.79. The normalized spacial score (nSPS) is 10.6. The highest BCUT2D eigenvalue weighted by molar-refractivity contribution is 5.93. The Hall–Kier alpha value is -2.04. The van der Waals surface area contributed by atoms with Crippen LogP contribution in [0.4, 0.5) is 0 Å². The zero-order valence-electron chi connectivity index (χ0n) is 10.8. The number of hydrogen-bond donors (Lipinski definition) is 0. The number of hydrogen-bond acceptors (Lipinski definition) is 4. The van der Waals surface area contributed by atoms with Gasteiger partial charge in [0.2, 0.25) is 5.91 Å². The van der Waals surface area contributed by atoms with E-state index in [-0.39, 0.29) is 12.5 Å². The molecule has 0 aliphatic carbocycles. The van der Waals surface area contributed by atoms with Crippen LogP contribution in [0.15, 0.2) is 22.6 Å². The van der Waals surface area contributed by atoms with E-state index in [2.05, 4.69) is 0 Å². The molecular weight excluding hydrogens is 234 g/mol. The predicted octanol–water partition coefficient (Wildman–Crippen LogP) is 1.62. The topological polar surface area (TPSA) is 59.8 Å². The zero-order chi connectivity index (χ0) is 13.5. The molecule has 0 radical (unpaired) electrons. The number of ether oxygens (including phenoxy) is 1. The first kappa shape index (κ1) is 14.0. The molecule has 0 atom stereocenters. The summed E-state index contributed by atoms with van der Waals surface area (Å²) < 4.78 is 10.0. The number of carbonyl (C=O) groups is 2. The molecule has 5 nitrogen and oxygen atoms in total. The quantitative estimate of drug-likeness (QED) is 0.589. The first-order chi connectivity index (χ1) is 8.52. The van der Waals surface area contributed by atoms with E-state index in [0.717, 1.165) is 5.76 Å². The molecule has 18 heavy (non-hydrogen) atoms. The number of rotatable bonds is 5. The van der Waals surface area contributed by atoms with Crippen molar-refractivity contribution in [3.8, 4) is 0 Å². The first-order valence-electron chi connectivity index (χ1n) is 5.68. The third-order valence-corrected chi connectivity index (χ3v) is 2.20. The van der Waals surface area contributed by atoms with Gasteiger partial charge >= 0.3 is 5.97 Å². The van der Waals surface area contributed by atoms with Crippen molar-refractivity contribution >= 4 is 18.0 Å².